The molecule has 0 spiro atoms. The van der Waals surface area contributed by atoms with Crippen LogP contribution in [0.15, 0.2) is 52.3 Å². The van der Waals surface area contributed by atoms with Crippen LogP contribution in [-0.2, 0) is 31.7 Å². The molecule has 2 fully saturated rings. The minimum absolute atomic E-state index is 0.0209. The second kappa shape index (κ2) is 12.0. The molecule has 0 radical (unpaired) electrons. The maximum absolute atomic E-state index is 14.2. The Bertz CT molecular complexity index is 1360. The fourth-order valence-corrected chi connectivity index (χ4v) is 7.04. The molecule has 0 bridgehead atoms. The summed E-state index contributed by atoms with van der Waals surface area (Å²) in [6.45, 7) is 0.979. The Morgan fingerprint density at radius 1 is 0.975 bits per heavy atom. The number of hydrogen-bond acceptors (Lipinski definition) is 6. The first-order valence-corrected chi connectivity index (χ1v) is 15.0. The Morgan fingerprint density at radius 2 is 1.62 bits per heavy atom. The molecule has 2 aromatic rings. The molecular weight excluding hydrogens is 582 g/mol. The molecule has 2 aromatic carbocycles. The predicted octanol–water partition coefficient (Wildman–Crippen LogP) is 5.74. The van der Waals surface area contributed by atoms with Crippen molar-refractivity contribution in [2.24, 2.45) is 0 Å². The lowest BCUT2D eigenvalue weighted by Gasteiger charge is -2.25. The van der Waals surface area contributed by atoms with Gasteiger partial charge < -0.3 is 15.0 Å². The van der Waals surface area contributed by atoms with Crippen LogP contribution in [0.2, 0.25) is 0 Å². The first-order chi connectivity index (χ1) is 18.7. The van der Waals surface area contributed by atoms with Crippen LogP contribution in [0.5, 0.6) is 0 Å². The second-order valence-electron chi connectivity index (χ2n) is 9.37. The highest BCUT2D eigenvalue weighted by Gasteiger charge is 2.46. The SMILES string of the molecule is O=C(/C=C/c1ccc(Sc2cccc(NC3CCS(=O)(=O)CC3)c2)c(C(F)(F)F)c1C(F)(F)F)N1CCOCC1. The van der Waals surface area contributed by atoms with E-state index >= 15 is 0 Å². The fourth-order valence-electron chi connectivity index (χ4n) is 4.51. The summed E-state index contributed by atoms with van der Waals surface area (Å²) in [7, 11) is -3.08. The number of sulfone groups is 1. The molecule has 4 rings (SSSR count). The van der Waals surface area contributed by atoms with Crippen molar-refractivity contribution in [3.8, 4) is 0 Å². The molecule has 0 unspecified atom stereocenters. The van der Waals surface area contributed by atoms with Crippen molar-refractivity contribution in [2.45, 2.75) is 41.0 Å². The van der Waals surface area contributed by atoms with Crippen LogP contribution >= 0.6 is 11.8 Å². The number of hydrogen-bond donors (Lipinski definition) is 1. The topological polar surface area (TPSA) is 75.7 Å². The van der Waals surface area contributed by atoms with Crippen molar-refractivity contribution in [3.05, 3.63) is 59.2 Å². The monoisotopic (exact) mass is 608 g/mol. The molecule has 2 saturated heterocycles. The summed E-state index contributed by atoms with van der Waals surface area (Å²) in [6.07, 6.45) is -8.35. The van der Waals surface area contributed by atoms with Gasteiger partial charge in [0.25, 0.3) is 0 Å². The third-order valence-corrected chi connectivity index (χ3v) is 9.25. The lowest BCUT2D eigenvalue weighted by Crippen LogP contribution is -2.39. The number of ether oxygens (including phenoxy) is 1. The summed E-state index contributed by atoms with van der Waals surface area (Å²) in [5.41, 5.74) is -3.95. The molecule has 218 valence electrons. The summed E-state index contributed by atoms with van der Waals surface area (Å²) >= 11 is 0.534. The van der Waals surface area contributed by atoms with Crippen molar-refractivity contribution in [3.63, 3.8) is 0 Å². The summed E-state index contributed by atoms with van der Waals surface area (Å²) < 4.78 is 113. The highest BCUT2D eigenvalue weighted by molar-refractivity contribution is 7.99. The molecular formula is C26H26F6N2O4S2. The van der Waals surface area contributed by atoms with E-state index in [1.807, 2.05) is 0 Å². The number of morpholine rings is 1. The third kappa shape index (κ3) is 7.72. The standard InChI is InChI=1S/C26H26F6N2O4S2/c27-25(28,29)23-17(5-7-22(35)34-10-12-38-13-11-34)4-6-21(24(23)26(30,31)32)39-20-3-1-2-19(16-20)33-18-8-14-40(36,37)15-9-18/h1-7,16,18,33H,8-15H2/b7-5+. The predicted molar refractivity (Wildman–Crippen MR) is 139 cm³/mol. The lowest BCUT2D eigenvalue weighted by atomic mass is 9.99. The van der Waals surface area contributed by atoms with Gasteiger partial charge in [0.2, 0.25) is 5.91 Å². The van der Waals surface area contributed by atoms with Gasteiger partial charge in [-0.1, -0.05) is 23.9 Å². The summed E-state index contributed by atoms with van der Waals surface area (Å²) in [5, 5.41) is 3.16. The van der Waals surface area contributed by atoms with Crippen LogP contribution in [0.4, 0.5) is 32.0 Å². The number of nitrogens with zero attached hydrogens (tertiary/aromatic N) is 1. The highest BCUT2D eigenvalue weighted by Crippen LogP contribution is 2.48. The third-order valence-electron chi connectivity index (χ3n) is 6.48. The number of carbonyl (C=O) groups excluding carboxylic acids is 1. The van der Waals surface area contributed by atoms with E-state index in [4.69, 9.17) is 4.74 Å². The maximum atomic E-state index is 14.2. The number of halogens is 6. The smallest absolute Gasteiger partial charge is 0.382 e. The maximum Gasteiger partial charge on any atom is 0.418 e. The largest absolute Gasteiger partial charge is 0.418 e. The van der Waals surface area contributed by atoms with E-state index in [1.54, 1.807) is 12.1 Å². The molecule has 2 heterocycles. The molecule has 2 aliphatic rings. The average molecular weight is 609 g/mol. The second-order valence-corrected chi connectivity index (χ2v) is 12.8. The molecule has 2 aliphatic heterocycles. The van der Waals surface area contributed by atoms with E-state index in [1.165, 1.54) is 17.0 Å². The van der Waals surface area contributed by atoms with Gasteiger partial charge in [0.15, 0.2) is 0 Å². The van der Waals surface area contributed by atoms with Crippen molar-refractivity contribution in [1.29, 1.82) is 0 Å². The summed E-state index contributed by atoms with van der Waals surface area (Å²) in [5.74, 6) is -0.580. The Labute approximate surface area is 231 Å². The summed E-state index contributed by atoms with van der Waals surface area (Å²) in [6, 6.07) is 7.92. The minimum Gasteiger partial charge on any atom is -0.382 e. The number of nitrogens with one attached hydrogen (secondary N) is 1. The van der Waals surface area contributed by atoms with Crippen molar-refractivity contribution >= 4 is 39.3 Å². The van der Waals surface area contributed by atoms with Gasteiger partial charge in [-0.15, -0.1) is 0 Å². The van der Waals surface area contributed by atoms with E-state index in [-0.39, 0.29) is 48.7 Å². The number of alkyl halides is 6. The number of amides is 1. The van der Waals surface area contributed by atoms with Crippen molar-refractivity contribution in [1.82, 2.24) is 4.90 Å². The van der Waals surface area contributed by atoms with Gasteiger partial charge in [-0.05, 0) is 48.7 Å². The number of rotatable bonds is 6. The molecule has 0 aliphatic carbocycles. The quantitative estimate of drug-likeness (QED) is 0.333. The first-order valence-electron chi connectivity index (χ1n) is 12.3. The van der Waals surface area contributed by atoms with E-state index in [0.29, 0.717) is 30.3 Å². The zero-order valence-electron chi connectivity index (χ0n) is 21.0. The van der Waals surface area contributed by atoms with E-state index in [2.05, 4.69) is 5.32 Å². The van der Waals surface area contributed by atoms with Crippen molar-refractivity contribution in [2.75, 3.05) is 43.1 Å². The minimum atomic E-state index is -5.35. The van der Waals surface area contributed by atoms with Crippen LogP contribution < -0.4 is 5.32 Å². The van der Waals surface area contributed by atoms with Gasteiger partial charge in [0.1, 0.15) is 9.84 Å². The molecule has 0 aromatic heterocycles. The molecule has 0 atom stereocenters. The zero-order chi connectivity index (χ0) is 29.1. The van der Waals surface area contributed by atoms with Gasteiger partial charge in [-0.3, -0.25) is 4.79 Å². The molecule has 14 heteroatoms. The Hall–Kier alpha value is -2.71. The summed E-state index contributed by atoms with van der Waals surface area (Å²) in [4.78, 5) is 13.3. The zero-order valence-corrected chi connectivity index (χ0v) is 22.7. The van der Waals surface area contributed by atoms with Crippen LogP contribution in [0.3, 0.4) is 0 Å². The number of carbonyl (C=O) groups is 1. The fraction of sp³-hybridized carbons (Fsp3) is 0.423. The molecule has 1 amide bonds. The van der Waals surface area contributed by atoms with E-state index in [0.717, 1.165) is 24.3 Å². The molecule has 1 N–H and O–H groups in total. The van der Waals surface area contributed by atoms with Gasteiger partial charge >= 0.3 is 12.4 Å². The van der Waals surface area contributed by atoms with Gasteiger partial charge in [0.05, 0.1) is 35.8 Å². The van der Waals surface area contributed by atoms with Crippen LogP contribution in [-0.4, -0.2) is 63.1 Å². The first kappa shape index (κ1) is 30.3. The van der Waals surface area contributed by atoms with Crippen molar-refractivity contribution < 1.29 is 44.3 Å². The lowest BCUT2D eigenvalue weighted by molar-refractivity contribution is -0.163. The van der Waals surface area contributed by atoms with Crippen LogP contribution in [0, 0.1) is 0 Å². The Balaban J connectivity index is 1.63. The molecule has 6 nitrogen and oxygen atoms in total. The van der Waals surface area contributed by atoms with E-state index < -0.39 is 49.7 Å². The van der Waals surface area contributed by atoms with Gasteiger partial charge in [-0.2, -0.15) is 26.3 Å². The molecule has 40 heavy (non-hydrogen) atoms. The normalized spacial score (nSPS) is 18.7. The number of anilines is 1. The number of benzene rings is 2. The Kier molecular flexibility index (Phi) is 9.10. The molecule has 0 saturated carbocycles. The van der Waals surface area contributed by atoms with Crippen LogP contribution in [0.1, 0.15) is 29.5 Å². The van der Waals surface area contributed by atoms with E-state index in [9.17, 15) is 39.6 Å². The average Bonchev–Trinajstić information content (AvgIpc) is 2.88. The highest BCUT2D eigenvalue weighted by atomic mass is 32.2. The van der Waals surface area contributed by atoms with Crippen LogP contribution in [0.25, 0.3) is 6.08 Å². The Morgan fingerprint density at radius 3 is 2.25 bits per heavy atom. The van der Waals surface area contributed by atoms with Gasteiger partial charge in [-0.25, -0.2) is 8.42 Å². The van der Waals surface area contributed by atoms with Gasteiger partial charge in [0, 0.05) is 40.7 Å².